The summed E-state index contributed by atoms with van der Waals surface area (Å²) in [4.78, 5) is 2.06. The van der Waals surface area contributed by atoms with Crippen LogP contribution >= 0.6 is 12.2 Å². The predicted molar refractivity (Wildman–Crippen MR) is 90.0 cm³/mol. The number of thiocarbonyl (C=S) groups is 1. The fourth-order valence-electron chi connectivity index (χ4n) is 2.16. The second-order valence-corrected chi connectivity index (χ2v) is 5.20. The standard InChI is InChI=1S/C17H19FN2S/c1-3-20(16-7-5-4-6-13(16)2)17(21)19-12-14-8-10-15(18)11-9-14/h4-11H,3,12H2,1-2H3,(H,19,21). The molecule has 0 aliphatic heterocycles. The van der Waals surface area contributed by atoms with E-state index in [0.29, 0.717) is 11.7 Å². The fraction of sp³-hybridized carbons (Fsp3) is 0.235. The first kappa shape index (κ1) is 15.4. The molecular weight excluding hydrogens is 283 g/mol. The molecule has 2 nitrogen and oxygen atoms in total. The van der Waals surface area contributed by atoms with Gasteiger partial charge in [-0.25, -0.2) is 4.39 Å². The third-order valence-corrected chi connectivity index (χ3v) is 3.69. The fourth-order valence-corrected chi connectivity index (χ4v) is 2.46. The predicted octanol–water partition coefficient (Wildman–Crippen LogP) is 4.04. The molecule has 0 saturated heterocycles. The molecule has 0 unspecified atom stereocenters. The van der Waals surface area contributed by atoms with Gasteiger partial charge in [0.1, 0.15) is 5.82 Å². The molecule has 0 aliphatic carbocycles. The lowest BCUT2D eigenvalue weighted by Crippen LogP contribution is -2.39. The first-order valence-electron chi connectivity index (χ1n) is 6.97. The molecule has 0 aliphatic rings. The summed E-state index contributed by atoms with van der Waals surface area (Å²) in [7, 11) is 0. The molecule has 0 bridgehead atoms. The lowest BCUT2D eigenvalue weighted by molar-refractivity contribution is 0.626. The third-order valence-electron chi connectivity index (χ3n) is 3.32. The van der Waals surface area contributed by atoms with E-state index < -0.39 is 0 Å². The maximum absolute atomic E-state index is 12.9. The minimum absolute atomic E-state index is 0.226. The largest absolute Gasteiger partial charge is 0.358 e. The summed E-state index contributed by atoms with van der Waals surface area (Å²) < 4.78 is 12.9. The molecule has 0 atom stereocenters. The lowest BCUT2D eigenvalue weighted by Gasteiger charge is -2.26. The van der Waals surface area contributed by atoms with Crippen molar-refractivity contribution in [1.82, 2.24) is 5.32 Å². The maximum atomic E-state index is 12.9. The Morgan fingerprint density at radius 3 is 2.43 bits per heavy atom. The number of para-hydroxylation sites is 1. The van der Waals surface area contributed by atoms with Crippen LogP contribution in [0.2, 0.25) is 0 Å². The Bertz CT molecular complexity index is 610. The SMILES string of the molecule is CCN(C(=S)NCc1ccc(F)cc1)c1ccccc1C. The van der Waals surface area contributed by atoms with E-state index in [1.807, 2.05) is 12.1 Å². The number of nitrogens with one attached hydrogen (secondary N) is 1. The van der Waals surface area contributed by atoms with Crippen LogP contribution in [0.15, 0.2) is 48.5 Å². The van der Waals surface area contributed by atoms with Crippen molar-refractivity contribution in [3.63, 3.8) is 0 Å². The van der Waals surface area contributed by atoms with Gasteiger partial charge in [0.05, 0.1) is 0 Å². The van der Waals surface area contributed by atoms with E-state index in [1.54, 1.807) is 12.1 Å². The highest BCUT2D eigenvalue weighted by Gasteiger charge is 2.11. The Labute approximate surface area is 130 Å². The summed E-state index contributed by atoms with van der Waals surface area (Å²) in [6.07, 6.45) is 0. The van der Waals surface area contributed by atoms with Gasteiger partial charge in [0.25, 0.3) is 0 Å². The second-order valence-electron chi connectivity index (χ2n) is 4.82. The summed E-state index contributed by atoms with van der Waals surface area (Å²) in [5.74, 6) is -0.226. The molecule has 2 aromatic carbocycles. The molecule has 0 fully saturated rings. The summed E-state index contributed by atoms with van der Waals surface area (Å²) in [6.45, 7) is 5.51. The van der Waals surface area contributed by atoms with Crippen LogP contribution in [0.1, 0.15) is 18.1 Å². The van der Waals surface area contributed by atoms with Gasteiger partial charge in [-0.3, -0.25) is 0 Å². The van der Waals surface area contributed by atoms with E-state index in [0.717, 1.165) is 17.8 Å². The van der Waals surface area contributed by atoms with Gasteiger partial charge < -0.3 is 10.2 Å². The van der Waals surface area contributed by atoms with Gasteiger partial charge in [-0.1, -0.05) is 30.3 Å². The summed E-state index contributed by atoms with van der Waals surface area (Å²) >= 11 is 5.48. The Balaban J connectivity index is 2.04. The van der Waals surface area contributed by atoms with Gasteiger partial charge in [0.2, 0.25) is 0 Å². The lowest BCUT2D eigenvalue weighted by atomic mass is 10.2. The minimum atomic E-state index is -0.226. The first-order chi connectivity index (χ1) is 10.1. The molecular formula is C17H19FN2S. The highest BCUT2D eigenvalue weighted by atomic mass is 32.1. The third kappa shape index (κ3) is 4.02. The van der Waals surface area contributed by atoms with Crippen LogP contribution in [-0.2, 0) is 6.54 Å². The van der Waals surface area contributed by atoms with E-state index in [2.05, 4.69) is 36.2 Å². The zero-order valence-corrected chi connectivity index (χ0v) is 13.1. The van der Waals surface area contributed by atoms with Crippen molar-refractivity contribution in [3.8, 4) is 0 Å². The van der Waals surface area contributed by atoms with Crippen molar-refractivity contribution in [2.24, 2.45) is 0 Å². The van der Waals surface area contributed by atoms with E-state index in [4.69, 9.17) is 12.2 Å². The van der Waals surface area contributed by atoms with Crippen LogP contribution in [0.5, 0.6) is 0 Å². The molecule has 2 rings (SSSR count). The summed E-state index contributed by atoms with van der Waals surface area (Å²) in [5, 5.41) is 3.91. The molecule has 0 radical (unpaired) electrons. The molecule has 21 heavy (non-hydrogen) atoms. The number of hydrogen-bond acceptors (Lipinski definition) is 1. The van der Waals surface area contributed by atoms with Crippen LogP contribution in [0.4, 0.5) is 10.1 Å². The minimum Gasteiger partial charge on any atom is -0.358 e. The quantitative estimate of drug-likeness (QED) is 0.858. The van der Waals surface area contributed by atoms with Gasteiger partial charge >= 0.3 is 0 Å². The van der Waals surface area contributed by atoms with Crippen LogP contribution in [0, 0.1) is 12.7 Å². The number of hydrogen-bond donors (Lipinski definition) is 1. The number of nitrogens with zero attached hydrogens (tertiary/aromatic N) is 1. The Hall–Kier alpha value is -1.94. The van der Waals surface area contributed by atoms with Crippen molar-refractivity contribution in [3.05, 3.63) is 65.5 Å². The Morgan fingerprint density at radius 1 is 1.14 bits per heavy atom. The van der Waals surface area contributed by atoms with Crippen LogP contribution in [-0.4, -0.2) is 11.7 Å². The van der Waals surface area contributed by atoms with Gasteiger partial charge in [0, 0.05) is 18.8 Å². The first-order valence-corrected chi connectivity index (χ1v) is 7.38. The van der Waals surface area contributed by atoms with Gasteiger partial charge in [0.15, 0.2) is 5.11 Å². The molecule has 2 aromatic rings. The van der Waals surface area contributed by atoms with E-state index >= 15 is 0 Å². The van der Waals surface area contributed by atoms with Crippen molar-refractivity contribution in [1.29, 1.82) is 0 Å². The highest BCUT2D eigenvalue weighted by molar-refractivity contribution is 7.80. The number of rotatable bonds is 4. The Kier molecular flexibility index (Phi) is 5.28. The molecule has 4 heteroatoms. The van der Waals surface area contributed by atoms with Gasteiger partial charge in [-0.2, -0.15) is 0 Å². The van der Waals surface area contributed by atoms with Gasteiger partial charge in [-0.15, -0.1) is 0 Å². The van der Waals surface area contributed by atoms with Crippen molar-refractivity contribution in [2.45, 2.75) is 20.4 Å². The van der Waals surface area contributed by atoms with Gasteiger partial charge in [-0.05, 0) is 55.4 Å². The number of halogens is 1. The zero-order chi connectivity index (χ0) is 15.2. The van der Waals surface area contributed by atoms with Crippen LogP contribution in [0.25, 0.3) is 0 Å². The average molecular weight is 302 g/mol. The van der Waals surface area contributed by atoms with E-state index in [1.165, 1.54) is 17.7 Å². The maximum Gasteiger partial charge on any atom is 0.173 e. The molecule has 0 amide bonds. The number of benzene rings is 2. The Morgan fingerprint density at radius 2 is 1.81 bits per heavy atom. The van der Waals surface area contributed by atoms with Crippen molar-refractivity contribution < 1.29 is 4.39 Å². The zero-order valence-electron chi connectivity index (χ0n) is 12.3. The van der Waals surface area contributed by atoms with E-state index in [-0.39, 0.29) is 5.82 Å². The normalized spacial score (nSPS) is 10.2. The van der Waals surface area contributed by atoms with Crippen molar-refractivity contribution >= 4 is 23.0 Å². The molecule has 0 heterocycles. The van der Waals surface area contributed by atoms with Crippen LogP contribution in [0.3, 0.4) is 0 Å². The highest BCUT2D eigenvalue weighted by Crippen LogP contribution is 2.19. The molecule has 1 N–H and O–H groups in total. The average Bonchev–Trinajstić information content (AvgIpc) is 2.49. The van der Waals surface area contributed by atoms with E-state index in [9.17, 15) is 4.39 Å². The molecule has 0 spiro atoms. The van der Waals surface area contributed by atoms with Crippen molar-refractivity contribution in [2.75, 3.05) is 11.4 Å². The molecule has 0 saturated carbocycles. The topological polar surface area (TPSA) is 15.3 Å². The number of aryl methyl sites for hydroxylation is 1. The molecule has 0 aromatic heterocycles. The summed E-state index contributed by atoms with van der Waals surface area (Å²) in [5.41, 5.74) is 3.29. The number of anilines is 1. The monoisotopic (exact) mass is 302 g/mol. The summed E-state index contributed by atoms with van der Waals surface area (Å²) in [6, 6.07) is 14.6. The second kappa shape index (κ2) is 7.18. The molecule has 110 valence electrons. The van der Waals surface area contributed by atoms with Crippen LogP contribution < -0.4 is 10.2 Å². The smallest absolute Gasteiger partial charge is 0.173 e.